The van der Waals surface area contributed by atoms with Crippen LogP contribution in [0.2, 0.25) is 0 Å². The minimum Gasteiger partial charge on any atom is -0.394 e. The van der Waals surface area contributed by atoms with Crippen LogP contribution in [-0.2, 0) is 11.3 Å². The van der Waals surface area contributed by atoms with Gasteiger partial charge in [-0.05, 0) is 0 Å². The van der Waals surface area contributed by atoms with Crippen LogP contribution in [0.5, 0.6) is 0 Å². The molecule has 5 N–H and O–H groups in total. The minimum atomic E-state index is -0.654. The van der Waals surface area contributed by atoms with Gasteiger partial charge in [-0.2, -0.15) is 0 Å². The topological polar surface area (TPSA) is 126 Å². The molecule has 0 aromatic carbocycles. The van der Waals surface area contributed by atoms with E-state index in [-0.39, 0.29) is 31.6 Å². The van der Waals surface area contributed by atoms with Crippen LogP contribution >= 0.6 is 0 Å². The molecule has 8 nitrogen and oxygen atoms in total. The second-order valence-electron chi connectivity index (χ2n) is 2.93. The molecule has 0 saturated carbocycles. The molecule has 8 heteroatoms. The molecule has 0 saturated heterocycles. The summed E-state index contributed by atoms with van der Waals surface area (Å²) in [6.45, 7) is -0.690. The minimum absolute atomic E-state index is 0.0549. The number of nitrogen functional groups attached to an aromatic ring is 1. The maximum Gasteiger partial charge on any atom is 0.242 e. The second kappa shape index (κ2) is 5.27. The van der Waals surface area contributed by atoms with Crippen LogP contribution in [0.4, 0.5) is 5.95 Å². The van der Waals surface area contributed by atoms with E-state index in [0.717, 1.165) is 0 Å². The van der Waals surface area contributed by atoms with Crippen LogP contribution in [-0.4, -0.2) is 50.1 Å². The lowest BCUT2D eigenvalue weighted by molar-refractivity contribution is -0.123. The first-order chi connectivity index (χ1) is 7.15. The van der Waals surface area contributed by atoms with E-state index in [4.69, 9.17) is 15.9 Å². The van der Waals surface area contributed by atoms with E-state index < -0.39 is 6.04 Å². The Morgan fingerprint density at radius 2 is 2.27 bits per heavy atom. The lowest BCUT2D eigenvalue weighted by Crippen LogP contribution is -2.41. The van der Waals surface area contributed by atoms with Gasteiger partial charge in [-0.25, -0.2) is 9.67 Å². The maximum atomic E-state index is 11.3. The van der Waals surface area contributed by atoms with Gasteiger partial charge in [0.2, 0.25) is 11.9 Å². The van der Waals surface area contributed by atoms with Crippen molar-refractivity contribution in [2.75, 3.05) is 18.9 Å². The molecule has 1 aromatic heterocycles. The number of hydrogen-bond donors (Lipinski definition) is 4. The first-order valence-corrected chi connectivity index (χ1v) is 4.31. The van der Waals surface area contributed by atoms with Gasteiger partial charge in [-0.3, -0.25) is 4.79 Å². The molecular weight excluding hydrogens is 202 g/mol. The number of nitrogens with zero attached hydrogens (tertiary/aromatic N) is 3. The highest BCUT2D eigenvalue weighted by Gasteiger charge is 2.10. The van der Waals surface area contributed by atoms with Crippen LogP contribution in [0, 0.1) is 0 Å². The molecule has 1 heterocycles. The summed E-state index contributed by atoms with van der Waals surface area (Å²) in [5.41, 5.74) is 5.25. The van der Waals surface area contributed by atoms with E-state index >= 15 is 0 Å². The zero-order chi connectivity index (χ0) is 11.3. The third-order valence-electron chi connectivity index (χ3n) is 1.67. The third kappa shape index (κ3) is 3.52. The number of nitrogens with one attached hydrogen (secondary N) is 1. The number of nitrogens with two attached hydrogens (primary N) is 1. The van der Waals surface area contributed by atoms with Gasteiger partial charge in [-0.1, -0.05) is 0 Å². The predicted octanol–water partition coefficient (Wildman–Crippen LogP) is -2.67. The molecule has 0 bridgehead atoms. The Morgan fingerprint density at radius 3 is 2.73 bits per heavy atom. The smallest absolute Gasteiger partial charge is 0.242 e. The molecule has 0 aliphatic rings. The van der Waals surface area contributed by atoms with Gasteiger partial charge >= 0.3 is 0 Å². The molecule has 0 radical (unpaired) electrons. The monoisotopic (exact) mass is 215 g/mol. The van der Waals surface area contributed by atoms with Crippen molar-refractivity contribution in [2.45, 2.75) is 12.6 Å². The standard InChI is InChI=1S/C7H13N5O3/c8-7-9-4-12(11-7)1-6(15)10-5(2-13)3-14/h4-5,13-14H,1-3H2,(H2,8,11)(H,10,15). The summed E-state index contributed by atoms with van der Waals surface area (Å²) in [4.78, 5) is 14.9. The van der Waals surface area contributed by atoms with Gasteiger partial charge in [0.1, 0.15) is 12.9 Å². The fourth-order valence-corrected chi connectivity index (χ4v) is 0.955. The van der Waals surface area contributed by atoms with Crippen molar-refractivity contribution in [3.8, 4) is 0 Å². The molecule has 0 spiro atoms. The highest BCUT2D eigenvalue weighted by atomic mass is 16.3. The van der Waals surface area contributed by atoms with Crippen LogP contribution in [0.3, 0.4) is 0 Å². The van der Waals surface area contributed by atoms with E-state index in [1.54, 1.807) is 0 Å². The summed E-state index contributed by atoms with van der Waals surface area (Å²) in [7, 11) is 0. The van der Waals surface area contributed by atoms with E-state index in [0.29, 0.717) is 0 Å². The first kappa shape index (κ1) is 11.4. The number of rotatable bonds is 5. The second-order valence-corrected chi connectivity index (χ2v) is 2.93. The Kier molecular flexibility index (Phi) is 4.01. The van der Waals surface area contributed by atoms with Gasteiger partial charge in [-0.15, -0.1) is 5.10 Å². The van der Waals surface area contributed by atoms with E-state index in [1.807, 2.05) is 0 Å². The summed E-state index contributed by atoms with van der Waals surface area (Å²) < 4.78 is 1.26. The van der Waals surface area contributed by atoms with Crippen molar-refractivity contribution in [3.05, 3.63) is 6.33 Å². The summed E-state index contributed by atoms with van der Waals surface area (Å²) in [6, 6.07) is -0.654. The Balaban J connectivity index is 2.42. The summed E-state index contributed by atoms with van der Waals surface area (Å²) >= 11 is 0. The lowest BCUT2D eigenvalue weighted by atomic mass is 10.3. The molecule has 15 heavy (non-hydrogen) atoms. The normalized spacial score (nSPS) is 10.6. The first-order valence-electron chi connectivity index (χ1n) is 4.31. The number of amides is 1. The maximum absolute atomic E-state index is 11.3. The van der Waals surface area contributed by atoms with Crippen molar-refractivity contribution in [1.29, 1.82) is 0 Å². The van der Waals surface area contributed by atoms with Crippen molar-refractivity contribution in [1.82, 2.24) is 20.1 Å². The van der Waals surface area contributed by atoms with Gasteiger partial charge < -0.3 is 21.3 Å². The Morgan fingerprint density at radius 1 is 1.60 bits per heavy atom. The predicted molar refractivity (Wildman–Crippen MR) is 50.5 cm³/mol. The van der Waals surface area contributed by atoms with E-state index in [1.165, 1.54) is 11.0 Å². The molecule has 0 unspecified atom stereocenters. The SMILES string of the molecule is Nc1ncn(CC(=O)NC(CO)CO)n1. The molecule has 0 aliphatic carbocycles. The molecule has 1 aromatic rings. The summed E-state index contributed by atoms with van der Waals surface area (Å²) in [5, 5.41) is 23.5. The third-order valence-corrected chi connectivity index (χ3v) is 1.67. The fraction of sp³-hybridized carbons (Fsp3) is 0.571. The zero-order valence-corrected chi connectivity index (χ0v) is 8.00. The quantitative estimate of drug-likeness (QED) is 0.424. The number of aromatic nitrogens is 3. The summed E-state index contributed by atoms with van der Waals surface area (Å²) in [5.74, 6) is -0.295. The highest BCUT2D eigenvalue weighted by molar-refractivity contribution is 5.75. The molecule has 1 rings (SSSR count). The van der Waals surface area contributed by atoms with E-state index in [2.05, 4.69) is 15.4 Å². The van der Waals surface area contributed by atoms with Crippen molar-refractivity contribution in [3.63, 3.8) is 0 Å². The molecule has 0 atom stereocenters. The number of aliphatic hydroxyl groups excluding tert-OH is 2. The average molecular weight is 215 g/mol. The van der Waals surface area contributed by atoms with Gasteiger partial charge in [0.15, 0.2) is 0 Å². The van der Waals surface area contributed by atoms with Crippen molar-refractivity contribution in [2.24, 2.45) is 0 Å². The number of hydrogen-bond acceptors (Lipinski definition) is 6. The Labute approximate surface area is 85.7 Å². The van der Waals surface area contributed by atoms with Gasteiger partial charge in [0.25, 0.3) is 0 Å². The largest absolute Gasteiger partial charge is 0.394 e. The van der Waals surface area contributed by atoms with Crippen molar-refractivity contribution >= 4 is 11.9 Å². The van der Waals surface area contributed by atoms with E-state index in [9.17, 15) is 4.79 Å². The Hall–Kier alpha value is -1.67. The summed E-state index contributed by atoms with van der Waals surface area (Å²) in [6.07, 6.45) is 1.32. The lowest BCUT2D eigenvalue weighted by Gasteiger charge is -2.12. The molecular formula is C7H13N5O3. The van der Waals surface area contributed by atoms with Crippen LogP contribution in [0.1, 0.15) is 0 Å². The number of carbonyl (C=O) groups is 1. The molecule has 0 aliphatic heterocycles. The van der Waals surface area contributed by atoms with Crippen LogP contribution in [0.15, 0.2) is 6.33 Å². The molecule has 84 valence electrons. The van der Waals surface area contributed by atoms with Crippen LogP contribution in [0.25, 0.3) is 0 Å². The molecule has 1 amide bonds. The number of anilines is 1. The van der Waals surface area contributed by atoms with Crippen molar-refractivity contribution < 1.29 is 15.0 Å². The zero-order valence-electron chi connectivity index (χ0n) is 8.00. The Bertz CT molecular complexity index is 322. The number of carbonyl (C=O) groups excluding carboxylic acids is 1. The van der Waals surface area contributed by atoms with Gasteiger partial charge in [0, 0.05) is 0 Å². The fourth-order valence-electron chi connectivity index (χ4n) is 0.955. The van der Waals surface area contributed by atoms with Gasteiger partial charge in [0.05, 0.1) is 19.3 Å². The molecule has 0 fully saturated rings. The van der Waals surface area contributed by atoms with Crippen LogP contribution < -0.4 is 11.1 Å². The highest BCUT2D eigenvalue weighted by Crippen LogP contribution is 1.89. The average Bonchev–Trinajstić information content (AvgIpc) is 2.60. The number of aliphatic hydroxyl groups is 2.